The van der Waals surface area contributed by atoms with Crippen LogP contribution in [0.25, 0.3) is 0 Å². The highest BCUT2D eigenvalue weighted by Gasteiger charge is 2.15. The maximum absolute atomic E-state index is 7.84. The first kappa shape index (κ1) is 13.3. The van der Waals surface area contributed by atoms with Crippen molar-refractivity contribution >= 4 is 29.2 Å². The van der Waals surface area contributed by atoms with Gasteiger partial charge in [-0.05, 0) is 25.5 Å². The summed E-state index contributed by atoms with van der Waals surface area (Å²) in [5.74, 6) is -0.227. The van der Waals surface area contributed by atoms with Gasteiger partial charge in [0, 0.05) is 6.54 Å². The molecule has 0 saturated heterocycles. The molecule has 1 rings (SSSR count). The van der Waals surface area contributed by atoms with Crippen molar-refractivity contribution < 1.29 is 0 Å². The fraction of sp³-hybridized carbons (Fsp3) is 0.273. The van der Waals surface area contributed by atoms with Gasteiger partial charge in [0.1, 0.15) is 0 Å². The van der Waals surface area contributed by atoms with Crippen LogP contribution in [-0.4, -0.2) is 18.5 Å². The lowest BCUT2D eigenvalue weighted by atomic mass is 10.2. The third kappa shape index (κ3) is 3.10. The molecule has 0 fully saturated rings. The molecule has 5 nitrogen and oxygen atoms in total. The van der Waals surface area contributed by atoms with Crippen molar-refractivity contribution in [2.75, 3.05) is 11.4 Å². The second-order valence-electron chi connectivity index (χ2n) is 3.54. The van der Waals surface area contributed by atoms with Gasteiger partial charge in [0.15, 0.2) is 5.96 Å². The minimum Gasteiger partial charge on any atom is -0.370 e. The van der Waals surface area contributed by atoms with Gasteiger partial charge in [-0.15, -0.1) is 0 Å². The average Bonchev–Trinajstić information content (AvgIpc) is 2.22. The summed E-state index contributed by atoms with van der Waals surface area (Å²) < 4.78 is 0. The van der Waals surface area contributed by atoms with Gasteiger partial charge < -0.3 is 10.6 Å². The van der Waals surface area contributed by atoms with Crippen LogP contribution in [0.1, 0.15) is 12.5 Å². The van der Waals surface area contributed by atoms with Crippen molar-refractivity contribution in [3.8, 4) is 0 Å². The van der Waals surface area contributed by atoms with Crippen molar-refractivity contribution in [2.45, 2.75) is 13.8 Å². The molecule has 0 spiro atoms. The van der Waals surface area contributed by atoms with E-state index in [-0.39, 0.29) is 11.9 Å². The van der Waals surface area contributed by atoms with Gasteiger partial charge in [-0.25, -0.2) is 0 Å². The SMILES string of the molecule is CCN(C(=N)NC(=N)N)c1c(C)cccc1Cl. The Kier molecular flexibility index (Phi) is 4.34. The van der Waals surface area contributed by atoms with Crippen LogP contribution >= 0.6 is 11.6 Å². The Labute approximate surface area is 106 Å². The van der Waals surface area contributed by atoms with Crippen molar-refractivity contribution in [3.63, 3.8) is 0 Å². The number of nitrogens with one attached hydrogen (secondary N) is 3. The van der Waals surface area contributed by atoms with Gasteiger partial charge in [0.2, 0.25) is 5.96 Å². The Hall–Kier alpha value is -1.75. The number of para-hydroxylation sites is 1. The zero-order chi connectivity index (χ0) is 13.0. The Balaban J connectivity index is 3.09. The van der Waals surface area contributed by atoms with E-state index in [1.165, 1.54) is 0 Å². The third-order valence-corrected chi connectivity index (χ3v) is 2.60. The molecule has 0 heterocycles. The number of anilines is 1. The number of nitrogens with two attached hydrogens (primary N) is 1. The minimum atomic E-state index is -0.266. The third-order valence-electron chi connectivity index (χ3n) is 2.30. The summed E-state index contributed by atoms with van der Waals surface area (Å²) in [7, 11) is 0. The maximum Gasteiger partial charge on any atom is 0.202 e. The number of benzene rings is 1. The largest absolute Gasteiger partial charge is 0.370 e. The van der Waals surface area contributed by atoms with Gasteiger partial charge >= 0.3 is 0 Å². The summed E-state index contributed by atoms with van der Waals surface area (Å²) in [6.45, 7) is 4.38. The van der Waals surface area contributed by atoms with Crippen LogP contribution in [-0.2, 0) is 0 Å². The number of halogens is 1. The molecule has 0 unspecified atom stereocenters. The molecule has 1 aromatic rings. The standard InChI is InChI=1S/C11H16ClN5/c1-3-17(11(15)16-10(13)14)9-7(2)5-4-6-8(9)12/h4-6H,3H2,1-2H3,(H5,13,14,15,16). The number of guanidine groups is 2. The zero-order valence-corrected chi connectivity index (χ0v) is 10.6. The Bertz CT molecular complexity index is 423. The van der Waals surface area contributed by atoms with Crippen molar-refractivity contribution in [1.29, 1.82) is 10.8 Å². The summed E-state index contributed by atoms with van der Waals surface area (Å²) in [6, 6.07) is 5.55. The van der Waals surface area contributed by atoms with E-state index in [1.807, 2.05) is 26.0 Å². The van der Waals surface area contributed by atoms with E-state index >= 15 is 0 Å². The summed E-state index contributed by atoms with van der Waals surface area (Å²) in [5.41, 5.74) is 6.94. The normalized spacial score (nSPS) is 9.82. The van der Waals surface area contributed by atoms with E-state index in [9.17, 15) is 0 Å². The fourth-order valence-electron chi connectivity index (χ4n) is 1.59. The number of aryl methyl sites for hydroxylation is 1. The highest BCUT2D eigenvalue weighted by molar-refractivity contribution is 6.34. The predicted octanol–water partition coefficient (Wildman–Crippen LogP) is 1.89. The van der Waals surface area contributed by atoms with Crippen LogP contribution in [0.4, 0.5) is 5.69 Å². The monoisotopic (exact) mass is 253 g/mol. The molecule has 6 heteroatoms. The molecule has 0 amide bonds. The lowest BCUT2D eigenvalue weighted by Crippen LogP contribution is -2.46. The molecule has 0 atom stereocenters. The molecule has 5 N–H and O–H groups in total. The highest BCUT2D eigenvalue weighted by atomic mass is 35.5. The molecule has 92 valence electrons. The summed E-state index contributed by atoms with van der Waals surface area (Å²) >= 11 is 6.13. The van der Waals surface area contributed by atoms with Gasteiger partial charge in [-0.1, -0.05) is 23.7 Å². The Morgan fingerprint density at radius 1 is 1.47 bits per heavy atom. The number of nitrogens with zero attached hydrogens (tertiary/aromatic N) is 1. The lowest BCUT2D eigenvalue weighted by Gasteiger charge is -2.26. The van der Waals surface area contributed by atoms with Crippen LogP contribution in [0, 0.1) is 17.7 Å². The zero-order valence-electron chi connectivity index (χ0n) is 9.84. The number of hydrogen-bond acceptors (Lipinski definition) is 2. The lowest BCUT2D eigenvalue weighted by molar-refractivity contribution is 0.994. The molecule has 0 aliphatic rings. The van der Waals surface area contributed by atoms with Crippen LogP contribution in [0.5, 0.6) is 0 Å². The molecular formula is C11H16ClN5. The molecule has 1 aromatic carbocycles. The van der Waals surface area contributed by atoms with Crippen LogP contribution < -0.4 is 16.0 Å². The van der Waals surface area contributed by atoms with E-state index in [1.54, 1.807) is 11.0 Å². The van der Waals surface area contributed by atoms with Crippen molar-refractivity contribution in [2.24, 2.45) is 5.73 Å². The topological polar surface area (TPSA) is 89.0 Å². The minimum absolute atomic E-state index is 0.0381. The fourth-order valence-corrected chi connectivity index (χ4v) is 1.91. The first-order chi connectivity index (χ1) is 7.97. The van der Waals surface area contributed by atoms with Gasteiger partial charge in [-0.3, -0.25) is 16.1 Å². The van der Waals surface area contributed by atoms with Crippen molar-refractivity contribution in [3.05, 3.63) is 28.8 Å². The highest BCUT2D eigenvalue weighted by Crippen LogP contribution is 2.29. The van der Waals surface area contributed by atoms with Gasteiger partial charge in [-0.2, -0.15) is 0 Å². The second kappa shape index (κ2) is 5.54. The van der Waals surface area contributed by atoms with Crippen LogP contribution in [0.2, 0.25) is 5.02 Å². The van der Waals surface area contributed by atoms with Gasteiger partial charge in [0.25, 0.3) is 0 Å². The molecule has 0 bridgehead atoms. The van der Waals surface area contributed by atoms with Gasteiger partial charge in [0.05, 0.1) is 10.7 Å². The molecular weight excluding hydrogens is 238 g/mol. The summed E-state index contributed by atoms with van der Waals surface area (Å²) in [5, 5.41) is 18.0. The average molecular weight is 254 g/mol. The first-order valence-electron chi connectivity index (χ1n) is 5.19. The molecule has 0 saturated carbocycles. The van der Waals surface area contributed by atoms with Crippen molar-refractivity contribution in [1.82, 2.24) is 5.32 Å². The predicted molar refractivity (Wildman–Crippen MR) is 72.0 cm³/mol. The molecule has 17 heavy (non-hydrogen) atoms. The van der Waals surface area contributed by atoms with Crippen LogP contribution in [0.15, 0.2) is 18.2 Å². The van der Waals surface area contributed by atoms with E-state index < -0.39 is 0 Å². The summed E-state index contributed by atoms with van der Waals surface area (Å²) in [6.07, 6.45) is 0. The Morgan fingerprint density at radius 2 is 2.12 bits per heavy atom. The molecule has 0 radical (unpaired) electrons. The molecule has 0 aliphatic heterocycles. The second-order valence-corrected chi connectivity index (χ2v) is 3.94. The quantitative estimate of drug-likeness (QED) is 0.479. The van der Waals surface area contributed by atoms with E-state index in [0.29, 0.717) is 11.6 Å². The van der Waals surface area contributed by atoms with E-state index in [0.717, 1.165) is 11.3 Å². The van der Waals surface area contributed by atoms with E-state index in [4.69, 9.17) is 28.2 Å². The number of hydrogen-bond donors (Lipinski definition) is 4. The summed E-state index contributed by atoms with van der Waals surface area (Å²) in [4.78, 5) is 1.67. The smallest absolute Gasteiger partial charge is 0.202 e. The first-order valence-corrected chi connectivity index (χ1v) is 5.57. The molecule has 0 aliphatic carbocycles. The Morgan fingerprint density at radius 3 is 2.59 bits per heavy atom. The maximum atomic E-state index is 7.84. The molecule has 0 aromatic heterocycles. The van der Waals surface area contributed by atoms with Crippen LogP contribution in [0.3, 0.4) is 0 Å². The number of rotatable bonds is 2. The van der Waals surface area contributed by atoms with E-state index in [2.05, 4.69) is 5.32 Å².